The van der Waals surface area contributed by atoms with Crippen LogP contribution in [-0.2, 0) is 9.59 Å². The van der Waals surface area contributed by atoms with Crippen molar-refractivity contribution in [3.05, 3.63) is 0 Å². The van der Waals surface area contributed by atoms with E-state index >= 15 is 0 Å². The Labute approximate surface area is 120 Å². The molecule has 3 atom stereocenters. The Kier molecular flexibility index (Phi) is 4.16. The van der Waals surface area contributed by atoms with Crippen LogP contribution in [0.3, 0.4) is 0 Å². The molecule has 2 fully saturated rings. The molecule has 1 heterocycles. The molecule has 5 nitrogen and oxygen atoms in total. The van der Waals surface area contributed by atoms with Gasteiger partial charge >= 0.3 is 6.03 Å². The first kappa shape index (κ1) is 15.0. The van der Waals surface area contributed by atoms with Gasteiger partial charge in [0.15, 0.2) is 0 Å². The van der Waals surface area contributed by atoms with Crippen LogP contribution in [0.1, 0.15) is 47.0 Å². The molecule has 4 amide bonds. The maximum Gasteiger partial charge on any atom is 0.331 e. The number of barbiturate groups is 1. The van der Waals surface area contributed by atoms with E-state index in [9.17, 15) is 14.4 Å². The summed E-state index contributed by atoms with van der Waals surface area (Å²) in [5.41, 5.74) is 0. The Balaban J connectivity index is 2.23. The minimum atomic E-state index is -0.736. The molecular formula is C15H24N2O3. The number of carbonyl (C=O) groups is 3. The lowest BCUT2D eigenvalue weighted by Gasteiger charge is -2.41. The van der Waals surface area contributed by atoms with E-state index in [-0.39, 0.29) is 17.9 Å². The minimum Gasteiger partial charge on any atom is -0.277 e. The highest BCUT2D eigenvalue weighted by molar-refractivity contribution is 6.16. The molecule has 3 unspecified atom stereocenters. The normalized spacial score (nSPS) is 35.5. The van der Waals surface area contributed by atoms with Gasteiger partial charge in [-0.05, 0) is 37.0 Å². The summed E-state index contributed by atoms with van der Waals surface area (Å²) in [6, 6.07) is -0.612. The SMILES string of the molecule is CC1CC(C)CC(N2C(=O)NC(=O)C(C(C)C)C2=O)C1. The van der Waals surface area contributed by atoms with Gasteiger partial charge in [0.25, 0.3) is 0 Å². The van der Waals surface area contributed by atoms with Crippen molar-refractivity contribution < 1.29 is 14.4 Å². The number of carbonyl (C=O) groups excluding carboxylic acids is 3. The Morgan fingerprint density at radius 3 is 2.10 bits per heavy atom. The maximum atomic E-state index is 12.5. The van der Waals surface area contributed by atoms with Gasteiger partial charge in [-0.3, -0.25) is 19.8 Å². The van der Waals surface area contributed by atoms with Crippen molar-refractivity contribution in [3.8, 4) is 0 Å². The average Bonchev–Trinajstić information content (AvgIpc) is 2.25. The maximum absolute atomic E-state index is 12.5. The number of urea groups is 1. The molecule has 1 aliphatic heterocycles. The number of nitrogens with zero attached hydrogens (tertiary/aromatic N) is 1. The van der Waals surface area contributed by atoms with E-state index in [0.29, 0.717) is 11.8 Å². The predicted molar refractivity (Wildman–Crippen MR) is 74.7 cm³/mol. The van der Waals surface area contributed by atoms with E-state index in [4.69, 9.17) is 0 Å². The van der Waals surface area contributed by atoms with Crippen LogP contribution < -0.4 is 5.32 Å². The highest BCUT2D eigenvalue weighted by Crippen LogP contribution is 2.33. The molecule has 112 valence electrons. The van der Waals surface area contributed by atoms with E-state index < -0.39 is 17.9 Å². The predicted octanol–water partition coefficient (Wildman–Crippen LogP) is 2.16. The van der Waals surface area contributed by atoms with E-state index in [1.54, 1.807) is 0 Å². The van der Waals surface area contributed by atoms with E-state index in [1.165, 1.54) is 4.90 Å². The molecule has 0 aromatic carbocycles. The van der Waals surface area contributed by atoms with Crippen LogP contribution in [0, 0.1) is 23.7 Å². The Morgan fingerprint density at radius 2 is 1.60 bits per heavy atom. The fourth-order valence-electron chi connectivity index (χ4n) is 3.65. The largest absolute Gasteiger partial charge is 0.331 e. The van der Waals surface area contributed by atoms with Crippen LogP contribution in [-0.4, -0.2) is 28.8 Å². The zero-order valence-electron chi connectivity index (χ0n) is 12.7. The molecule has 0 aromatic rings. The van der Waals surface area contributed by atoms with E-state index in [0.717, 1.165) is 19.3 Å². The first-order valence-electron chi connectivity index (χ1n) is 7.49. The van der Waals surface area contributed by atoms with Crippen molar-refractivity contribution in [2.45, 2.75) is 53.0 Å². The van der Waals surface area contributed by atoms with Crippen LogP contribution >= 0.6 is 0 Å². The second-order valence-electron chi connectivity index (χ2n) is 6.80. The highest BCUT2D eigenvalue weighted by Gasteiger charge is 2.45. The number of hydrogen-bond acceptors (Lipinski definition) is 3. The smallest absolute Gasteiger partial charge is 0.277 e. The minimum absolute atomic E-state index is 0.0735. The molecule has 5 heteroatoms. The molecular weight excluding hydrogens is 256 g/mol. The zero-order chi connectivity index (χ0) is 15.0. The van der Waals surface area contributed by atoms with Crippen LogP contribution in [0.5, 0.6) is 0 Å². The van der Waals surface area contributed by atoms with Gasteiger partial charge in [-0.1, -0.05) is 27.7 Å². The van der Waals surface area contributed by atoms with E-state index in [2.05, 4.69) is 19.2 Å². The number of amides is 4. The summed E-state index contributed by atoms with van der Waals surface area (Å²) in [6.45, 7) is 7.98. The molecule has 1 saturated carbocycles. The third-order valence-electron chi connectivity index (χ3n) is 4.42. The Bertz CT molecular complexity index is 423. The zero-order valence-corrected chi connectivity index (χ0v) is 12.7. The summed E-state index contributed by atoms with van der Waals surface area (Å²) in [6.07, 6.45) is 2.80. The van der Waals surface area contributed by atoms with Crippen molar-refractivity contribution in [1.82, 2.24) is 10.2 Å². The summed E-state index contributed by atoms with van der Waals surface area (Å²) in [5, 5.41) is 2.35. The third kappa shape index (κ3) is 2.72. The molecule has 0 spiro atoms. The monoisotopic (exact) mass is 280 g/mol. The molecule has 0 radical (unpaired) electrons. The fourth-order valence-corrected chi connectivity index (χ4v) is 3.65. The molecule has 2 rings (SSSR count). The summed E-state index contributed by atoms with van der Waals surface area (Å²) in [4.78, 5) is 37.8. The summed E-state index contributed by atoms with van der Waals surface area (Å²) < 4.78 is 0. The van der Waals surface area contributed by atoms with Gasteiger partial charge in [0.05, 0.1) is 0 Å². The lowest BCUT2D eigenvalue weighted by Crippen LogP contribution is -2.62. The molecule has 20 heavy (non-hydrogen) atoms. The van der Waals surface area contributed by atoms with Gasteiger partial charge in [0.2, 0.25) is 11.8 Å². The molecule has 1 N–H and O–H groups in total. The Hall–Kier alpha value is -1.39. The topological polar surface area (TPSA) is 66.5 Å². The first-order valence-corrected chi connectivity index (χ1v) is 7.49. The van der Waals surface area contributed by atoms with Crippen molar-refractivity contribution in [3.63, 3.8) is 0 Å². The van der Waals surface area contributed by atoms with Gasteiger partial charge in [-0.15, -0.1) is 0 Å². The average molecular weight is 280 g/mol. The number of rotatable bonds is 2. The van der Waals surface area contributed by atoms with Gasteiger partial charge in [-0.25, -0.2) is 4.79 Å². The molecule has 0 aromatic heterocycles. The summed E-state index contributed by atoms with van der Waals surface area (Å²) in [7, 11) is 0. The number of nitrogens with one attached hydrogen (secondary N) is 1. The lowest BCUT2D eigenvalue weighted by molar-refractivity contribution is -0.146. The third-order valence-corrected chi connectivity index (χ3v) is 4.42. The molecule has 0 bridgehead atoms. The number of imide groups is 2. The van der Waals surface area contributed by atoms with Gasteiger partial charge in [0.1, 0.15) is 5.92 Å². The van der Waals surface area contributed by atoms with Crippen LogP contribution in [0.25, 0.3) is 0 Å². The fraction of sp³-hybridized carbons (Fsp3) is 0.800. The molecule has 1 saturated heterocycles. The Morgan fingerprint density at radius 1 is 1.05 bits per heavy atom. The highest BCUT2D eigenvalue weighted by atomic mass is 16.2. The first-order chi connectivity index (χ1) is 9.31. The lowest BCUT2D eigenvalue weighted by atomic mass is 9.79. The number of hydrogen-bond donors (Lipinski definition) is 1. The second-order valence-corrected chi connectivity index (χ2v) is 6.80. The van der Waals surface area contributed by atoms with E-state index in [1.807, 2.05) is 13.8 Å². The van der Waals surface area contributed by atoms with Crippen molar-refractivity contribution >= 4 is 17.8 Å². The molecule has 2 aliphatic rings. The van der Waals surface area contributed by atoms with Crippen molar-refractivity contribution in [1.29, 1.82) is 0 Å². The van der Waals surface area contributed by atoms with Crippen molar-refractivity contribution in [2.24, 2.45) is 23.7 Å². The van der Waals surface area contributed by atoms with Crippen LogP contribution in [0.4, 0.5) is 4.79 Å². The summed E-state index contributed by atoms with van der Waals surface area (Å²) in [5.74, 6) is -0.612. The second kappa shape index (κ2) is 5.54. The quantitative estimate of drug-likeness (QED) is 0.788. The standard InChI is InChI=1S/C15H24N2O3/c1-8(2)12-13(18)16-15(20)17(14(12)19)11-6-9(3)5-10(4)7-11/h8-12H,5-7H2,1-4H3,(H,16,18,20). The van der Waals surface area contributed by atoms with Crippen LogP contribution in [0.15, 0.2) is 0 Å². The van der Waals surface area contributed by atoms with Gasteiger partial charge in [-0.2, -0.15) is 0 Å². The van der Waals surface area contributed by atoms with Crippen LogP contribution in [0.2, 0.25) is 0 Å². The van der Waals surface area contributed by atoms with Gasteiger partial charge in [0, 0.05) is 6.04 Å². The molecule has 1 aliphatic carbocycles. The summed E-state index contributed by atoms with van der Waals surface area (Å²) >= 11 is 0. The van der Waals surface area contributed by atoms with Crippen molar-refractivity contribution in [2.75, 3.05) is 0 Å². The van der Waals surface area contributed by atoms with Gasteiger partial charge < -0.3 is 0 Å².